The Hall–Kier alpha value is -0.240. The molecular weight excluding hydrogens is 240 g/mol. The average Bonchev–Trinajstić information content (AvgIpc) is 2.39. The van der Waals surface area contributed by atoms with Gasteiger partial charge in [-0.1, -0.05) is 0 Å². The highest BCUT2D eigenvalue weighted by Gasteiger charge is 1.96. The molecule has 0 saturated carbocycles. The van der Waals surface area contributed by atoms with Crippen molar-refractivity contribution in [1.82, 2.24) is 0 Å². The topological polar surface area (TPSA) is 55.4 Å². The van der Waals surface area contributed by atoms with Gasteiger partial charge >= 0.3 is 0 Å². The Bertz CT molecular complexity index is 91.6. The van der Waals surface area contributed by atoms with Crippen LogP contribution in [0.3, 0.4) is 0 Å². The average molecular weight is 264 g/mol. The Labute approximate surface area is 108 Å². The number of ether oxygens (including phenoxy) is 4. The summed E-state index contributed by atoms with van der Waals surface area (Å²) in [6, 6.07) is 0. The van der Waals surface area contributed by atoms with Crippen molar-refractivity contribution in [1.29, 1.82) is 0 Å². The minimum Gasteiger partial charge on any atom is -0.379 e. The summed E-state index contributed by atoms with van der Waals surface area (Å²) in [6.07, 6.45) is 1.89. The highest BCUT2D eigenvalue weighted by Crippen LogP contribution is 1.93. The number of hydrogen-bond acceptors (Lipinski definition) is 6. The predicted octanol–water partition coefficient (Wildman–Crippen LogP) is 0.795. The molecule has 0 unspecified atom stereocenters. The highest BCUT2D eigenvalue weighted by molar-refractivity contribution is 4.39. The van der Waals surface area contributed by atoms with Crippen LogP contribution < -0.4 is 0 Å². The van der Waals surface area contributed by atoms with E-state index in [1.165, 1.54) is 0 Å². The van der Waals surface area contributed by atoms with E-state index in [1.54, 1.807) is 0 Å². The van der Waals surface area contributed by atoms with E-state index in [9.17, 15) is 0 Å². The molecule has 0 aromatic carbocycles. The van der Waals surface area contributed by atoms with Crippen LogP contribution in [0.25, 0.3) is 0 Å². The first-order chi connectivity index (χ1) is 9.00. The van der Waals surface area contributed by atoms with Crippen molar-refractivity contribution in [3.05, 3.63) is 0 Å². The smallest absolute Gasteiger partial charge is 0.106 e. The van der Waals surface area contributed by atoms with Crippen LogP contribution in [0, 0.1) is 0 Å². The van der Waals surface area contributed by atoms with Gasteiger partial charge < -0.3 is 18.9 Å². The second kappa shape index (κ2) is 13.2. The Morgan fingerprint density at radius 3 is 1.33 bits per heavy atom. The third-order valence-electron chi connectivity index (χ3n) is 2.28. The predicted molar refractivity (Wildman–Crippen MR) is 64.4 cm³/mol. The zero-order valence-corrected chi connectivity index (χ0v) is 10.9. The van der Waals surface area contributed by atoms with Crippen LogP contribution >= 0.6 is 0 Å². The molecule has 1 aliphatic rings. The van der Waals surface area contributed by atoms with Crippen molar-refractivity contribution in [3.63, 3.8) is 0 Å². The summed E-state index contributed by atoms with van der Waals surface area (Å²) in [5.74, 6) is 0. The molecule has 6 heteroatoms. The van der Waals surface area contributed by atoms with E-state index in [-0.39, 0.29) is 0 Å². The van der Waals surface area contributed by atoms with Crippen molar-refractivity contribution in [2.75, 3.05) is 66.1 Å². The Morgan fingerprint density at radius 2 is 0.722 bits per heavy atom. The summed E-state index contributed by atoms with van der Waals surface area (Å²) in [5, 5.41) is 0. The van der Waals surface area contributed by atoms with E-state index in [0.717, 1.165) is 19.4 Å². The Kier molecular flexibility index (Phi) is 11.6. The normalized spacial score (nSPS) is 24.0. The molecule has 1 rings (SSSR count). The lowest BCUT2D eigenvalue weighted by atomic mass is 10.3. The summed E-state index contributed by atoms with van der Waals surface area (Å²) in [7, 11) is 0. The quantitative estimate of drug-likeness (QED) is 0.603. The molecule has 108 valence electrons. The van der Waals surface area contributed by atoms with Gasteiger partial charge in [0.25, 0.3) is 0 Å². The third kappa shape index (κ3) is 10.9. The summed E-state index contributed by atoms with van der Waals surface area (Å²) in [5.41, 5.74) is 0. The molecule has 0 aromatic heterocycles. The van der Waals surface area contributed by atoms with E-state index in [1.807, 2.05) is 0 Å². The van der Waals surface area contributed by atoms with Gasteiger partial charge in [0.15, 0.2) is 0 Å². The molecular formula is C12H24O6. The van der Waals surface area contributed by atoms with Crippen molar-refractivity contribution in [3.8, 4) is 0 Å². The minimum absolute atomic E-state index is 0.444. The SMILES string of the molecule is C1CCOOCCOCCOCCOCCOC1. The molecule has 0 atom stereocenters. The molecule has 0 amide bonds. The number of hydrogen-bond donors (Lipinski definition) is 0. The van der Waals surface area contributed by atoms with Crippen LogP contribution in [0.4, 0.5) is 0 Å². The van der Waals surface area contributed by atoms with Gasteiger partial charge in [-0.3, -0.25) is 0 Å². The third-order valence-corrected chi connectivity index (χ3v) is 2.28. The zero-order chi connectivity index (χ0) is 12.7. The molecule has 1 saturated heterocycles. The first kappa shape index (κ1) is 15.8. The zero-order valence-electron chi connectivity index (χ0n) is 10.9. The molecule has 18 heavy (non-hydrogen) atoms. The van der Waals surface area contributed by atoms with Crippen LogP contribution in [0.5, 0.6) is 0 Å². The van der Waals surface area contributed by atoms with Crippen LogP contribution in [0.1, 0.15) is 12.8 Å². The lowest BCUT2D eigenvalue weighted by molar-refractivity contribution is -0.299. The van der Waals surface area contributed by atoms with E-state index in [4.69, 9.17) is 28.7 Å². The molecule has 6 nitrogen and oxygen atoms in total. The maximum atomic E-state index is 5.40. The summed E-state index contributed by atoms with van der Waals surface area (Å²) in [4.78, 5) is 9.94. The second-order valence-electron chi connectivity index (χ2n) is 3.80. The Balaban J connectivity index is 2.00. The molecule has 1 aliphatic heterocycles. The largest absolute Gasteiger partial charge is 0.379 e. The fraction of sp³-hybridized carbons (Fsp3) is 1.00. The molecule has 0 radical (unpaired) electrons. The first-order valence-electron chi connectivity index (χ1n) is 6.55. The fourth-order valence-electron chi connectivity index (χ4n) is 1.34. The first-order valence-corrected chi connectivity index (χ1v) is 6.55. The van der Waals surface area contributed by atoms with E-state index in [0.29, 0.717) is 59.5 Å². The van der Waals surface area contributed by atoms with E-state index in [2.05, 4.69) is 0 Å². The van der Waals surface area contributed by atoms with Crippen LogP contribution in [-0.2, 0) is 28.7 Å². The van der Waals surface area contributed by atoms with Gasteiger partial charge in [0, 0.05) is 6.61 Å². The lowest BCUT2D eigenvalue weighted by Gasteiger charge is -2.09. The van der Waals surface area contributed by atoms with Gasteiger partial charge in [0.1, 0.15) is 6.61 Å². The van der Waals surface area contributed by atoms with Crippen molar-refractivity contribution < 1.29 is 28.7 Å². The van der Waals surface area contributed by atoms with Gasteiger partial charge in [-0.15, -0.1) is 0 Å². The van der Waals surface area contributed by atoms with Gasteiger partial charge in [-0.05, 0) is 12.8 Å². The molecule has 0 spiro atoms. The van der Waals surface area contributed by atoms with Crippen molar-refractivity contribution in [2.24, 2.45) is 0 Å². The molecule has 0 aromatic rings. The summed E-state index contributed by atoms with van der Waals surface area (Å²) < 4.78 is 21.3. The lowest BCUT2D eigenvalue weighted by Crippen LogP contribution is -2.14. The molecule has 1 heterocycles. The monoisotopic (exact) mass is 264 g/mol. The van der Waals surface area contributed by atoms with Gasteiger partial charge in [0.2, 0.25) is 0 Å². The Morgan fingerprint density at radius 1 is 0.333 bits per heavy atom. The molecule has 1 fully saturated rings. The van der Waals surface area contributed by atoms with Crippen molar-refractivity contribution >= 4 is 0 Å². The molecule has 0 N–H and O–H groups in total. The summed E-state index contributed by atoms with van der Waals surface area (Å²) >= 11 is 0. The minimum atomic E-state index is 0.444. The van der Waals surface area contributed by atoms with Crippen LogP contribution in [0.15, 0.2) is 0 Å². The fourth-order valence-corrected chi connectivity index (χ4v) is 1.34. The standard InChI is InChI=1S/C12H24O6/c1-2-4-17-18-12-11-16-10-9-15-8-7-14-6-5-13-3-1/h1-12H2. The highest BCUT2D eigenvalue weighted by atomic mass is 17.2. The van der Waals surface area contributed by atoms with Gasteiger partial charge in [-0.2, -0.15) is 0 Å². The van der Waals surface area contributed by atoms with Crippen LogP contribution in [0.2, 0.25) is 0 Å². The van der Waals surface area contributed by atoms with Gasteiger partial charge in [-0.25, -0.2) is 9.78 Å². The number of rotatable bonds is 0. The molecule has 0 bridgehead atoms. The summed E-state index contributed by atoms with van der Waals surface area (Å²) in [6.45, 7) is 5.83. The van der Waals surface area contributed by atoms with Crippen LogP contribution in [-0.4, -0.2) is 66.1 Å². The van der Waals surface area contributed by atoms with Crippen molar-refractivity contribution in [2.45, 2.75) is 12.8 Å². The maximum absolute atomic E-state index is 5.40. The van der Waals surface area contributed by atoms with E-state index < -0.39 is 0 Å². The maximum Gasteiger partial charge on any atom is 0.106 e. The second-order valence-corrected chi connectivity index (χ2v) is 3.80. The van der Waals surface area contributed by atoms with Gasteiger partial charge in [0.05, 0.1) is 52.9 Å². The van der Waals surface area contributed by atoms with E-state index >= 15 is 0 Å². The molecule has 0 aliphatic carbocycles.